The Morgan fingerprint density at radius 3 is 2.75 bits per heavy atom. The number of fused-ring (bicyclic) bond motifs is 2. The van der Waals surface area contributed by atoms with Gasteiger partial charge in [0.1, 0.15) is 0 Å². The van der Waals surface area contributed by atoms with Gasteiger partial charge in [0.15, 0.2) is 0 Å². The van der Waals surface area contributed by atoms with Gasteiger partial charge in [0.05, 0.1) is 17.4 Å². The van der Waals surface area contributed by atoms with E-state index in [1.54, 1.807) is 29.2 Å². The minimum Gasteiger partial charge on any atom is -0.346 e. The number of amides is 1. The number of rotatable bonds is 6. The van der Waals surface area contributed by atoms with Crippen LogP contribution < -0.4 is 4.90 Å². The van der Waals surface area contributed by atoms with Crippen LogP contribution in [0.1, 0.15) is 17.5 Å². The van der Waals surface area contributed by atoms with Crippen molar-refractivity contribution < 1.29 is 13.2 Å². The topological polar surface area (TPSA) is 86.4 Å². The molecule has 4 rings (SSSR count). The molecule has 7 nitrogen and oxygen atoms in total. The van der Waals surface area contributed by atoms with Crippen LogP contribution in [-0.2, 0) is 27.8 Å². The molecule has 1 aliphatic heterocycles. The second-order valence-electron chi connectivity index (χ2n) is 7.85. The Bertz CT molecular complexity index is 1360. The summed E-state index contributed by atoms with van der Waals surface area (Å²) in [7, 11) is -0.606. The first-order valence-corrected chi connectivity index (χ1v) is 11.8. The lowest BCUT2D eigenvalue weighted by atomic mass is 10.1. The maximum atomic E-state index is 13.0. The van der Waals surface area contributed by atoms with Gasteiger partial charge in [-0.15, -0.1) is 0 Å². The molecule has 0 bridgehead atoms. The highest BCUT2D eigenvalue weighted by molar-refractivity contribution is 7.89. The van der Waals surface area contributed by atoms with E-state index < -0.39 is 10.0 Å². The van der Waals surface area contributed by atoms with Gasteiger partial charge in [-0.3, -0.25) is 4.79 Å². The molecule has 1 aliphatic rings. The van der Waals surface area contributed by atoms with E-state index in [2.05, 4.69) is 6.07 Å². The molecule has 2 aromatic carbocycles. The smallest absolute Gasteiger partial charge is 0.251 e. The zero-order chi connectivity index (χ0) is 22.9. The number of para-hydroxylation sites is 1. The molecule has 0 saturated carbocycles. The Kier molecular flexibility index (Phi) is 5.87. The van der Waals surface area contributed by atoms with Crippen LogP contribution in [0.5, 0.6) is 0 Å². The summed E-state index contributed by atoms with van der Waals surface area (Å²) in [6, 6.07) is 15.0. The number of sulfonamides is 1. The Balaban J connectivity index is 1.63. The van der Waals surface area contributed by atoms with Gasteiger partial charge in [0.25, 0.3) is 5.91 Å². The molecule has 8 heteroatoms. The number of carbonyl (C=O) groups is 1. The maximum Gasteiger partial charge on any atom is 0.251 e. The molecule has 32 heavy (non-hydrogen) atoms. The van der Waals surface area contributed by atoms with Crippen molar-refractivity contribution in [3.8, 4) is 6.07 Å². The quantitative estimate of drug-likeness (QED) is 0.541. The van der Waals surface area contributed by atoms with E-state index in [1.807, 2.05) is 35.0 Å². The minimum atomic E-state index is -3.58. The summed E-state index contributed by atoms with van der Waals surface area (Å²) >= 11 is 0. The number of anilines is 1. The summed E-state index contributed by atoms with van der Waals surface area (Å²) in [5.41, 5.74) is 3.51. The second-order valence-corrected chi connectivity index (χ2v) is 10.0. The van der Waals surface area contributed by atoms with Crippen molar-refractivity contribution >= 4 is 38.6 Å². The third-order valence-electron chi connectivity index (χ3n) is 5.69. The third kappa shape index (κ3) is 3.93. The monoisotopic (exact) mass is 448 g/mol. The molecule has 0 unspecified atom stereocenters. The zero-order valence-electron chi connectivity index (χ0n) is 18.0. The van der Waals surface area contributed by atoms with Crippen LogP contribution in [0.15, 0.2) is 59.6 Å². The van der Waals surface area contributed by atoms with Crippen molar-refractivity contribution in [3.63, 3.8) is 0 Å². The average molecular weight is 449 g/mol. The lowest BCUT2D eigenvalue weighted by molar-refractivity contribution is -0.114. The highest BCUT2D eigenvalue weighted by atomic mass is 32.2. The number of carbonyl (C=O) groups excluding carboxylic acids is 1. The SMILES string of the molecule is CN(C)S(=O)(=O)c1ccc2c(c1)N(C(=O)/C=C/c1cn(CCC#N)c3ccccc13)CC2. The van der Waals surface area contributed by atoms with Crippen molar-refractivity contribution in [3.05, 3.63) is 65.9 Å². The van der Waals surface area contributed by atoms with Gasteiger partial charge in [-0.1, -0.05) is 24.3 Å². The van der Waals surface area contributed by atoms with E-state index >= 15 is 0 Å². The highest BCUT2D eigenvalue weighted by Gasteiger charge is 2.26. The van der Waals surface area contributed by atoms with E-state index in [0.717, 1.165) is 26.3 Å². The highest BCUT2D eigenvalue weighted by Crippen LogP contribution is 2.32. The molecule has 0 atom stereocenters. The van der Waals surface area contributed by atoms with Crippen molar-refractivity contribution in [2.45, 2.75) is 24.3 Å². The predicted molar refractivity (Wildman–Crippen MR) is 125 cm³/mol. The lowest BCUT2D eigenvalue weighted by Crippen LogP contribution is -2.27. The average Bonchev–Trinajstić information content (AvgIpc) is 3.37. The molecule has 0 N–H and O–H groups in total. The van der Waals surface area contributed by atoms with Crippen LogP contribution in [0.2, 0.25) is 0 Å². The fraction of sp³-hybridized carbons (Fsp3) is 0.250. The second kappa shape index (κ2) is 8.61. The summed E-state index contributed by atoms with van der Waals surface area (Å²) in [6.07, 6.45) is 6.35. The van der Waals surface area contributed by atoms with Crippen LogP contribution in [0.25, 0.3) is 17.0 Å². The van der Waals surface area contributed by atoms with Crippen LogP contribution >= 0.6 is 0 Å². The van der Waals surface area contributed by atoms with Gasteiger partial charge in [0.2, 0.25) is 10.0 Å². The fourth-order valence-electron chi connectivity index (χ4n) is 3.97. The van der Waals surface area contributed by atoms with Gasteiger partial charge >= 0.3 is 0 Å². The Morgan fingerprint density at radius 2 is 2.00 bits per heavy atom. The number of aromatic nitrogens is 1. The molecule has 164 valence electrons. The normalized spacial score (nSPS) is 13.8. The van der Waals surface area contributed by atoms with E-state index in [-0.39, 0.29) is 10.8 Å². The van der Waals surface area contributed by atoms with Crippen molar-refractivity contribution in [2.75, 3.05) is 25.5 Å². The summed E-state index contributed by atoms with van der Waals surface area (Å²) in [6.45, 7) is 1.09. The molecular formula is C24H24N4O3S. The molecule has 0 spiro atoms. The summed E-state index contributed by atoms with van der Waals surface area (Å²) in [5.74, 6) is -0.197. The van der Waals surface area contributed by atoms with Crippen LogP contribution in [0.4, 0.5) is 5.69 Å². The maximum absolute atomic E-state index is 13.0. The number of hydrogen-bond acceptors (Lipinski definition) is 4. The standard InChI is InChI=1S/C24H24N4O3S/c1-26(2)32(30,31)20-10-8-18-12-15-28(23(18)16-20)24(29)11-9-19-17-27(14-5-13-25)22-7-4-3-6-21(19)22/h3-4,6-11,16-17H,5,12,14-15H2,1-2H3/b11-9+. The molecule has 0 radical (unpaired) electrons. The first-order chi connectivity index (χ1) is 15.3. The van der Waals surface area contributed by atoms with E-state index in [0.29, 0.717) is 31.6 Å². The van der Waals surface area contributed by atoms with E-state index in [4.69, 9.17) is 5.26 Å². The van der Waals surface area contributed by atoms with E-state index in [9.17, 15) is 13.2 Å². The molecule has 3 aromatic rings. The third-order valence-corrected chi connectivity index (χ3v) is 7.50. The molecule has 1 aromatic heterocycles. The number of nitriles is 1. The van der Waals surface area contributed by atoms with Crippen molar-refractivity contribution in [2.24, 2.45) is 0 Å². The van der Waals surface area contributed by atoms with Gasteiger partial charge in [-0.25, -0.2) is 12.7 Å². The van der Waals surface area contributed by atoms with Gasteiger partial charge in [-0.05, 0) is 36.3 Å². The molecule has 0 saturated heterocycles. The molecule has 0 aliphatic carbocycles. The van der Waals surface area contributed by atoms with Crippen LogP contribution in [0, 0.1) is 11.3 Å². The van der Waals surface area contributed by atoms with Crippen LogP contribution in [-0.4, -0.2) is 43.8 Å². The lowest BCUT2D eigenvalue weighted by Gasteiger charge is -2.17. The minimum absolute atomic E-state index is 0.172. The Morgan fingerprint density at radius 1 is 1.22 bits per heavy atom. The molecular weight excluding hydrogens is 424 g/mol. The molecule has 2 heterocycles. The number of nitrogens with zero attached hydrogens (tertiary/aromatic N) is 4. The number of aryl methyl sites for hydroxylation is 1. The van der Waals surface area contributed by atoms with Gasteiger partial charge < -0.3 is 9.47 Å². The van der Waals surface area contributed by atoms with Gasteiger partial charge in [-0.2, -0.15) is 5.26 Å². The van der Waals surface area contributed by atoms with Crippen molar-refractivity contribution in [1.29, 1.82) is 5.26 Å². The van der Waals surface area contributed by atoms with Crippen molar-refractivity contribution in [1.82, 2.24) is 8.87 Å². The number of hydrogen-bond donors (Lipinski definition) is 0. The molecule has 1 amide bonds. The molecule has 0 fully saturated rings. The first kappa shape index (κ1) is 21.8. The predicted octanol–water partition coefficient (Wildman–Crippen LogP) is 3.41. The van der Waals surface area contributed by atoms with Crippen LogP contribution in [0.3, 0.4) is 0 Å². The zero-order valence-corrected chi connectivity index (χ0v) is 18.8. The van der Waals surface area contributed by atoms with Gasteiger partial charge in [0, 0.05) is 61.6 Å². The summed E-state index contributed by atoms with van der Waals surface area (Å²) in [5, 5.41) is 9.93. The first-order valence-electron chi connectivity index (χ1n) is 10.3. The fourth-order valence-corrected chi connectivity index (χ4v) is 4.90. The summed E-state index contributed by atoms with van der Waals surface area (Å²) in [4.78, 5) is 14.8. The Hall–Kier alpha value is -3.41. The largest absolute Gasteiger partial charge is 0.346 e. The summed E-state index contributed by atoms with van der Waals surface area (Å²) < 4.78 is 28.2. The van der Waals surface area contributed by atoms with E-state index in [1.165, 1.54) is 20.2 Å². The number of benzene rings is 2. The Labute approximate surface area is 187 Å².